The molecule has 0 unspecified atom stereocenters. The number of hydrogen-bond acceptors (Lipinski definition) is 6. The first kappa shape index (κ1) is 19.1. The highest BCUT2D eigenvalue weighted by atomic mass is 32.1. The van der Waals surface area contributed by atoms with Gasteiger partial charge in [0.2, 0.25) is 0 Å². The van der Waals surface area contributed by atoms with Crippen LogP contribution in [0.2, 0.25) is 0 Å². The highest BCUT2D eigenvalue weighted by molar-refractivity contribution is 7.21. The Morgan fingerprint density at radius 1 is 1.07 bits per heavy atom. The second-order valence-electron chi connectivity index (χ2n) is 6.66. The van der Waals surface area contributed by atoms with Gasteiger partial charge in [-0.3, -0.25) is 0 Å². The zero-order valence-corrected chi connectivity index (χ0v) is 17.1. The molecular formula is C23H21N3O2S. The number of carbonyl (C=O) groups is 1. The largest absolute Gasteiger partial charge is 0.462 e. The van der Waals surface area contributed by atoms with E-state index in [0.717, 1.165) is 38.6 Å². The van der Waals surface area contributed by atoms with Gasteiger partial charge in [-0.25, -0.2) is 14.8 Å². The highest BCUT2D eigenvalue weighted by Gasteiger charge is 2.13. The van der Waals surface area contributed by atoms with Crippen LogP contribution in [0.25, 0.3) is 20.7 Å². The molecule has 5 nitrogen and oxygen atoms in total. The third kappa shape index (κ3) is 4.27. The van der Waals surface area contributed by atoms with Gasteiger partial charge in [0.15, 0.2) is 0 Å². The Labute approximate surface area is 173 Å². The SMILES string of the molecule is CCCOC(=O)c1cccc(Nc2nc(C)nc3sc(-c4ccccc4)cc23)c1. The maximum Gasteiger partial charge on any atom is 0.338 e. The minimum absolute atomic E-state index is 0.318. The molecule has 4 rings (SSSR count). The van der Waals surface area contributed by atoms with E-state index >= 15 is 0 Å². The van der Waals surface area contributed by atoms with Crippen LogP contribution in [0, 0.1) is 6.92 Å². The van der Waals surface area contributed by atoms with E-state index in [-0.39, 0.29) is 5.97 Å². The maximum absolute atomic E-state index is 12.2. The van der Waals surface area contributed by atoms with Gasteiger partial charge in [-0.2, -0.15) is 0 Å². The number of nitrogens with one attached hydrogen (secondary N) is 1. The first-order valence-electron chi connectivity index (χ1n) is 9.52. The average molecular weight is 404 g/mol. The quantitative estimate of drug-likeness (QED) is 0.401. The van der Waals surface area contributed by atoms with Crippen molar-refractivity contribution in [2.45, 2.75) is 20.3 Å². The minimum Gasteiger partial charge on any atom is -0.462 e. The summed E-state index contributed by atoms with van der Waals surface area (Å²) in [5, 5.41) is 4.31. The number of aromatic nitrogens is 2. The fraction of sp³-hybridized carbons (Fsp3) is 0.174. The summed E-state index contributed by atoms with van der Waals surface area (Å²) in [4.78, 5) is 23.4. The monoisotopic (exact) mass is 403 g/mol. The van der Waals surface area contributed by atoms with Crippen molar-refractivity contribution in [2.75, 3.05) is 11.9 Å². The third-order valence-corrected chi connectivity index (χ3v) is 5.44. The van der Waals surface area contributed by atoms with Gasteiger partial charge in [0.05, 0.1) is 17.6 Å². The summed E-state index contributed by atoms with van der Waals surface area (Å²) in [5.74, 6) is 1.10. The number of rotatable bonds is 6. The molecule has 2 heterocycles. The van der Waals surface area contributed by atoms with E-state index in [1.807, 2.05) is 44.2 Å². The molecule has 29 heavy (non-hydrogen) atoms. The van der Waals surface area contributed by atoms with Crippen molar-refractivity contribution in [1.29, 1.82) is 0 Å². The Kier molecular flexibility index (Phi) is 5.53. The van der Waals surface area contributed by atoms with Crippen LogP contribution >= 0.6 is 11.3 Å². The summed E-state index contributed by atoms with van der Waals surface area (Å²) in [7, 11) is 0. The molecule has 0 aliphatic carbocycles. The summed E-state index contributed by atoms with van der Waals surface area (Å²) >= 11 is 1.64. The molecular weight excluding hydrogens is 382 g/mol. The number of ether oxygens (including phenoxy) is 1. The van der Waals surface area contributed by atoms with Crippen molar-refractivity contribution in [1.82, 2.24) is 9.97 Å². The normalized spacial score (nSPS) is 10.8. The molecule has 0 fully saturated rings. The Bertz CT molecular complexity index is 1160. The summed E-state index contributed by atoms with van der Waals surface area (Å²) in [6.45, 7) is 4.27. The molecule has 0 amide bonds. The van der Waals surface area contributed by atoms with Crippen molar-refractivity contribution in [3.8, 4) is 10.4 Å². The Morgan fingerprint density at radius 2 is 1.90 bits per heavy atom. The smallest absolute Gasteiger partial charge is 0.338 e. The molecule has 0 spiro atoms. The van der Waals surface area contributed by atoms with Crippen LogP contribution in [0.4, 0.5) is 11.5 Å². The first-order valence-corrected chi connectivity index (χ1v) is 10.3. The maximum atomic E-state index is 12.2. The number of benzene rings is 2. The van der Waals surface area contributed by atoms with Gasteiger partial charge in [-0.1, -0.05) is 43.3 Å². The van der Waals surface area contributed by atoms with Crippen LogP contribution in [-0.4, -0.2) is 22.5 Å². The lowest BCUT2D eigenvalue weighted by Gasteiger charge is -2.09. The van der Waals surface area contributed by atoms with Gasteiger partial charge in [-0.15, -0.1) is 11.3 Å². The van der Waals surface area contributed by atoms with Crippen LogP contribution in [0.15, 0.2) is 60.7 Å². The van der Waals surface area contributed by atoms with E-state index in [2.05, 4.69) is 33.5 Å². The van der Waals surface area contributed by atoms with E-state index < -0.39 is 0 Å². The summed E-state index contributed by atoms with van der Waals surface area (Å²) in [5.41, 5.74) is 2.45. The molecule has 0 bridgehead atoms. The molecule has 1 N–H and O–H groups in total. The lowest BCUT2D eigenvalue weighted by molar-refractivity contribution is 0.0505. The molecule has 0 radical (unpaired) electrons. The van der Waals surface area contributed by atoms with Gasteiger partial charge >= 0.3 is 5.97 Å². The number of nitrogens with zero attached hydrogens (tertiary/aromatic N) is 2. The van der Waals surface area contributed by atoms with Gasteiger partial charge in [-0.05, 0) is 43.2 Å². The zero-order valence-electron chi connectivity index (χ0n) is 16.3. The zero-order chi connectivity index (χ0) is 20.2. The average Bonchev–Trinajstić information content (AvgIpc) is 3.17. The predicted molar refractivity (Wildman–Crippen MR) is 118 cm³/mol. The molecule has 6 heteroatoms. The Morgan fingerprint density at radius 3 is 2.69 bits per heavy atom. The van der Waals surface area contributed by atoms with Crippen LogP contribution in [-0.2, 0) is 4.74 Å². The van der Waals surface area contributed by atoms with Crippen LogP contribution in [0.1, 0.15) is 29.5 Å². The topological polar surface area (TPSA) is 64.1 Å². The van der Waals surface area contributed by atoms with Gasteiger partial charge < -0.3 is 10.1 Å². The molecule has 146 valence electrons. The molecule has 0 atom stereocenters. The number of thiophene rings is 1. The van der Waals surface area contributed by atoms with E-state index in [1.165, 1.54) is 0 Å². The predicted octanol–water partition coefficient (Wildman–Crippen LogP) is 5.98. The number of esters is 1. The molecule has 0 aliphatic heterocycles. The van der Waals surface area contributed by atoms with E-state index in [9.17, 15) is 4.79 Å². The van der Waals surface area contributed by atoms with Gasteiger partial charge in [0.25, 0.3) is 0 Å². The highest BCUT2D eigenvalue weighted by Crippen LogP contribution is 2.36. The molecule has 0 aliphatic rings. The fourth-order valence-corrected chi connectivity index (χ4v) is 4.09. The Hall–Kier alpha value is -3.25. The van der Waals surface area contributed by atoms with Crippen LogP contribution < -0.4 is 5.32 Å². The lowest BCUT2D eigenvalue weighted by atomic mass is 10.2. The van der Waals surface area contributed by atoms with E-state index in [1.54, 1.807) is 23.5 Å². The number of fused-ring (bicyclic) bond motifs is 1. The molecule has 2 aromatic heterocycles. The van der Waals surface area contributed by atoms with Crippen LogP contribution in [0.3, 0.4) is 0 Å². The van der Waals surface area contributed by atoms with Gasteiger partial charge in [0.1, 0.15) is 16.5 Å². The third-order valence-electron chi connectivity index (χ3n) is 4.36. The number of anilines is 2. The standard InChI is InChI=1S/C23H21N3O2S/c1-3-12-28-23(27)17-10-7-11-18(13-17)26-21-19-14-20(16-8-5-4-6-9-16)29-22(19)25-15(2)24-21/h4-11,13-14H,3,12H2,1-2H3,(H,24,25,26). The second-order valence-corrected chi connectivity index (χ2v) is 7.69. The summed E-state index contributed by atoms with van der Waals surface area (Å²) < 4.78 is 5.23. The summed E-state index contributed by atoms with van der Waals surface area (Å²) in [6.07, 6.45) is 0.795. The molecule has 0 saturated carbocycles. The van der Waals surface area contributed by atoms with Crippen molar-refractivity contribution in [3.05, 3.63) is 72.1 Å². The number of aryl methyl sites for hydroxylation is 1. The van der Waals surface area contributed by atoms with Crippen LogP contribution in [0.5, 0.6) is 0 Å². The molecule has 0 saturated heterocycles. The van der Waals surface area contributed by atoms with E-state index in [0.29, 0.717) is 18.0 Å². The van der Waals surface area contributed by atoms with Crippen molar-refractivity contribution in [2.24, 2.45) is 0 Å². The van der Waals surface area contributed by atoms with E-state index in [4.69, 9.17) is 4.74 Å². The Balaban J connectivity index is 1.68. The van der Waals surface area contributed by atoms with Crippen molar-refractivity contribution < 1.29 is 9.53 Å². The van der Waals surface area contributed by atoms with Crippen molar-refractivity contribution in [3.63, 3.8) is 0 Å². The molecule has 4 aromatic rings. The first-order chi connectivity index (χ1) is 14.1. The molecule has 2 aromatic carbocycles. The van der Waals surface area contributed by atoms with Gasteiger partial charge in [0, 0.05) is 10.6 Å². The fourth-order valence-electron chi connectivity index (χ4n) is 3.01. The lowest BCUT2D eigenvalue weighted by Crippen LogP contribution is -2.06. The minimum atomic E-state index is -0.318. The number of hydrogen-bond donors (Lipinski definition) is 1. The number of carbonyl (C=O) groups excluding carboxylic acids is 1. The van der Waals surface area contributed by atoms with Crippen molar-refractivity contribution >= 4 is 39.0 Å². The summed E-state index contributed by atoms with van der Waals surface area (Å²) in [6, 6.07) is 19.6. The second kappa shape index (κ2) is 8.41.